The van der Waals surface area contributed by atoms with Crippen LogP contribution in [0.3, 0.4) is 0 Å². The average Bonchev–Trinajstić information content (AvgIpc) is 3.42. The highest BCUT2D eigenvalue weighted by atomic mass is 16.5. The summed E-state index contributed by atoms with van der Waals surface area (Å²) in [4.78, 5) is 13.7. The zero-order valence-electron chi connectivity index (χ0n) is 15.6. The van der Waals surface area contributed by atoms with Crippen LogP contribution in [0.25, 0.3) is 16.9 Å². The van der Waals surface area contributed by atoms with Gasteiger partial charge in [0.2, 0.25) is 0 Å². The van der Waals surface area contributed by atoms with Gasteiger partial charge in [-0.15, -0.1) is 0 Å². The SMILES string of the molecule is C1=NCc2cc(-c3cn4ccnc4c(Nc4ccc5c(c4)NCCO5)n3)ccc21. The van der Waals surface area contributed by atoms with Gasteiger partial charge in [-0.2, -0.15) is 0 Å². The van der Waals surface area contributed by atoms with E-state index in [1.165, 1.54) is 11.1 Å². The molecule has 0 atom stereocenters. The van der Waals surface area contributed by atoms with Crippen molar-refractivity contribution >= 4 is 29.1 Å². The molecule has 29 heavy (non-hydrogen) atoms. The van der Waals surface area contributed by atoms with Gasteiger partial charge in [0.15, 0.2) is 11.5 Å². The van der Waals surface area contributed by atoms with Gasteiger partial charge in [0.25, 0.3) is 0 Å². The number of rotatable bonds is 3. The Balaban J connectivity index is 1.41. The first kappa shape index (κ1) is 16.1. The van der Waals surface area contributed by atoms with Crippen molar-refractivity contribution < 1.29 is 4.74 Å². The van der Waals surface area contributed by atoms with Gasteiger partial charge < -0.3 is 19.8 Å². The van der Waals surface area contributed by atoms with Crippen molar-refractivity contribution in [2.24, 2.45) is 4.99 Å². The Morgan fingerprint density at radius 3 is 3.14 bits per heavy atom. The van der Waals surface area contributed by atoms with E-state index in [1.807, 2.05) is 41.2 Å². The Morgan fingerprint density at radius 2 is 2.14 bits per heavy atom. The molecule has 0 radical (unpaired) electrons. The van der Waals surface area contributed by atoms with Crippen molar-refractivity contribution in [1.29, 1.82) is 0 Å². The molecule has 2 aromatic heterocycles. The van der Waals surface area contributed by atoms with Crippen molar-refractivity contribution in [2.75, 3.05) is 23.8 Å². The summed E-state index contributed by atoms with van der Waals surface area (Å²) in [5, 5.41) is 6.79. The number of ether oxygens (including phenoxy) is 1. The Hall–Kier alpha value is -3.87. The van der Waals surface area contributed by atoms with Crippen LogP contribution in [-0.2, 0) is 6.54 Å². The number of nitrogens with zero attached hydrogens (tertiary/aromatic N) is 4. The molecule has 2 aromatic carbocycles. The quantitative estimate of drug-likeness (QED) is 0.562. The number of imidazole rings is 1. The number of fused-ring (bicyclic) bond motifs is 3. The predicted octanol–water partition coefficient (Wildman–Crippen LogP) is 3.88. The summed E-state index contributed by atoms with van der Waals surface area (Å²) in [6.45, 7) is 2.21. The smallest absolute Gasteiger partial charge is 0.180 e. The van der Waals surface area contributed by atoms with Gasteiger partial charge in [-0.1, -0.05) is 12.1 Å². The predicted molar refractivity (Wildman–Crippen MR) is 113 cm³/mol. The van der Waals surface area contributed by atoms with E-state index in [9.17, 15) is 0 Å². The molecule has 7 heteroatoms. The second kappa shape index (κ2) is 6.34. The molecule has 7 nitrogen and oxygen atoms in total. The maximum Gasteiger partial charge on any atom is 0.180 e. The standard InChI is InChI=1S/C22H18N6O/c1-2-15-11-23-12-16(15)9-14(1)19-13-28-7-5-25-22(28)21(27-19)26-17-3-4-20-18(10-17)24-6-8-29-20/h1-5,7,9-11,13,24H,6,8,12H2,(H,26,27). The summed E-state index contributed by atoms with van der Waals surface area (Å²) in [7, 11) is 0. The molecule has 0 aliphatic carbocycles. The molecule has 0 saturated carbocycles. The Bertz CT molecular complexity index is 1280. The highest BCUT2D eigenvalue weighted by Gasteiger charge is 2.14. The van der Waals surface area contributed by atoms with Crippen LogP contribution < -0.4 is 15.4 Å². The van der Waals surface area contributed by atoms with E-state index in [1.54, 1.807) is 6.20 Å². The monoisotopic (exact) mass is 382 g/mol. The lowest BCUT2D eigenvalue weighted by Gasteiger charge is -2.20. The van der Waals surface area contributed by atoms with Crippen molar-refractivity contribution in [1.82, 2.24) is 14.4 Å². The topological polar surface area (TPSA) is 75.8 Å². The number of hydrogen-bond acceptors (Lipinski definition) is 6. The number of benzene rings is 2. The van der Waals surface area contributed by atoms with E-state index in [2.05, 4.69) is 38.8 Å². The summed E-state index contributed by atoms with van der Waals surface area (Å²) < 4.78 is 7.66. The number of anilines is 3. The van der Waals surface area contributed by atoms with Crippen LogP contribution in [0.2, 0.25) is 0 Å². The molecule has 4 heterocycles. The first-order valence-corrected chi connectivity index (χ1v) is 9.58. The van der Waals surface area contributed by atoms with E-state index in [0.29, 0.717) is 12.4 Å². The second-order valence-electron chi connectivity index (χ2n) is 7.13. The van der Waals surface area contributed by atoms with E-state index in [-0.39, 0.29) is 0 Å². The molecule has 0 fully saturated rings. The van der Waals surface area contributed by atoms with Crippen LogP contribution in [-0.4, -0.2) is 33.7 Å². The molecule has 142 valence electrons. The van der Waals surface area contributed by atoms with Gasteiger partial charge >= 0.3 is 0 Å². The average molecular weight is 382 g/mol. The molecule has 0 saturated heterocycles. The van der Waals surface area contributed by atoms with Crippen LogP contribution in [0.5, 0.6) is 5.75 Å². The van der Waals surface area contributed by atoms with E-state index in [4.69, 9.17) is 9.72 Å². The number of nitrogens with one attached hydrogen (secondary N) is 2. The maximum absolute atomic E-state index is 5.67. The third-order valence-corrected chi connectivity index (χ3v) is 5.22. The summed E-state index contributed by atoms with van der Waals surface area (Å²) in [6.07, 6.45) is 7.65. The number of hydrogen-bond donors (Lipinski definition) is 2. The van der Waals surface area contributed by atoms with Crippen molar-refractivity contribution in [3.63, 3.8) is 0 Å². The molecule has 4 aromatic rings. The molecule has 2 aliphatic heterocycles. The zero-order valence-corrected chi connectivity index (χ0v) is 15.6. The highest BCUT2D eigenvalue weighted by Crippen LogP contribution is 2.32. The van der Waals surface area contributed by atoms with Crippen LogP contribution >= 0.6 is 0 Å². The zero-order chi connectivity index (χ0) is 19.2. The van der Waals surface area contributed by atoms with Crippen molar-refractivity contribution in [3.05, 3.63) is 66.1 Å². The van der Waals surface area contributed by atoms with Gasteiger partial charge in [-0.25, -0.2) is 9.97 Å². The summed E-state index contributed by atoms with van der Waals surface area (Å²) in [6, 6.07) is 12.4. The van der Waals surface area contributed by atoms with E-state index < -0.39 is 0 Å². The summed E-state index contributed by atoms with van der Waals surface area (Å²) in [5.74, 6) is 1.58. The maximum atomic E-state index is 5.67. The first-order valence-electron chi connectivity index (χ1n) is 9.58. The fourth-order valence-electron chi connectivity index (χ4n) is 3.78. The lowest BCUT2D eigenvalue weighted by Crippen LogP contribution is -2.17. The van der Waals surface area contributed by atoms with Crippen LogP contribution in [0.1, 0.15) is 11.1 Å². The number of aromatic nitrogens is 3. The Labute approximate surface area is 167 Å². The summed E-state index contributed by atoms with van der Waals surface area (Å²) in [5.41, 5.74) is 7.04. The number of aliphatic imine (C=N–C) groups is 1. The normalized spacial score (nSPS) is 14.2. The molecule has 0 bridgehead atoms. The van der Waals surface area contributed by atoms with E-state index >= 15 is 0 Å². The Morgan fingerprint density at radius 1 is 1.14 bits per heavy atom. The van der Waals surface area contributed by atoms with Gasteiger partial charge in [-0.3, -0.25) is 4.99 Å². The fraction of sp³-hybridized carbons (Fsp3) is 0.136. The molecule has 0 spiro atoms. The van der Waals surface area contributed by atoms with Gasteiger partial charge in [-0.05, 0) is 35.4 Å². The van der Waals surface area contributed by atoms with Gasteiger partial charge in [0.05, 0.1) is 17.9 Å². The highest BCUT2D eigenvalue weighted by molar-refractivity contribution is 5.86. The second-order valence-corrected chi connectivity index (χ2v) is 7.13. The van der Waals surface area contributed by atoms with Crippen molar-refractivity contribution in [3.8, 4) is 17.0 Å². The minimum absolute atomic E-state index is 0.684. The van der Waals surface area contributed by atoms with Gasteiger partial charge in [0.1, 0.15) is 12.4 Å². The third-order valence-electron chi connectivity index (χ3n) is 5.22. The lowest BCUT2D eigenvalue weighted by atomic mass is 10.0. The molecular weight excluding hydrogens is 364 g/mol. The molecule has 2 N–H and O–H groups in total. The molecule has 0 amide bonds. The van der Waals surface area contributed by atoms with Gasteiger partial charge in [0, 0.05) is 42.6 Å². The minimum atomic E-state index is 0.684. The largest absolute Gasteiger partial charge is 0.490 e. The van der Waals surface area contributed by atoms with Crippen LogP contribution in [0.15, 0.2) is 60.0 Å². The molecular formula is C22H18N6O. The molecule has 0 unspecified atom stereocenters. The molecule has 2 aliphatic rings. The first-order chi connectivity index (χ1) is 14.3. The fourth-order valence-corrected chi connectivity index (χ4v) is 3.78. The van der Waals surface area contributed by atoms with Crippen LogP contribution in [0, 0.1) is 0 Å². The minimum Gasteiger partial charge on any atom is -0.490 e. The van der Waals surface area contributed by atoms with E-state index in [0.717, 1.165) is 47.1 Å². The van der Waals surface area contributed by atoms with Crippen molar-refractivity contribution in [2.45, 2.75) is 6.54 Å². The van der Waals surface area contributed by atoms with Crippen LogP contribution in [0.4, 0.5) is 17.2 Å². The Kier molecular flexibility index (Phi) is 3.52. The third kappa shape index (κ3) is 2.79. The summed E-state index contributed by atoms with van der Waals surface area (Å²) >= 11 is 0. The molecule has 6 rings (SSSR count). The lowest BCUT2D eigenvalue weighted by molar-refractivity contribution is 0.323.